The summed E-state index contributed by atoms with van der Waals surface area (Å²) in [7, 11) is 0. The van der Waals surface area contributed by atoms with Crippen LogP contribution in [0.25, 0.3) is 11.0 Å². The van der Waals surface area contributed by atoms with Crippen LogP contribution in [-0.4, -0.2) is 43.8 Å². The minimum absolute atomic E-state index is 0.230. The van der Waals surface area contributed by atoms with Crippen LogP contribution < -0.4 is 10.6 Å². The summed E-state index contributed by atoms with van der Waals surface area (Å²) < 4.78 is 0.230. The third kappa shape index (κ3) is 1.98. The Morgan fingerprint density at radius 3 is 3.06 bits per heavy atom. The summed E-state index contributed by atoms with van der Waals surface area (Å²) in [5.41, 5.74) is 6.46. The smallest absolute Gasteiger partial charge is 0.224 e. The first kappa shape index (κ1) is 11.6. The van der Waals surface area contributed by atoms with Gasteiger partial charge in [-0.2, -0.15) is 26.8 Å². The van der Waals surface area contributed by atoms with Crippen LogP contribution in [0.5, 0.6) is 0 Å². The molecule has 2 aromatic rings. The number of nitrogens with two attached hydrogens (primary N) is 1. The number of anilines is 2. The standard InChI is InChI=1S/C11H16N6S/c1-11(2)6-17(3-4-18-11)9-7-5-13-16-8(7)14-10(12)15-9/h5H,3-4,6H2,1-2H3,(H3,12,13,14,15,16). The van der Waals surface area contributed by atoms with Crippen molar-refractivity contribution in [2.24, 2.45) is 0 Å². The number of fused-ring (bicyclic) bond motifs is 1. The molecule has 1 saturated heterocycles. The predicted molar refractivity (Wildman–Crippen MR) is 74.8 cm³/mol. The average Bonchev–Trinajstić information content (AvgIpc) is 2.74. The lowest BCUT2D eigenvalue weighted by Gasteiger charge is -2.38. The van der Waals surface area contributed by atoms with Crippen LogP contribution in [0.1, 0.15) is 13.8 Å². The highest BCUT2D eigenvalue weighted by Crippen LogP contribution is 2.33. The van der Waals surface area contributed by atoms with E-state index in [1.165, 1.54) is 0 Å². The fraction of sp³-hybridized carbons (Fsp3) is 0.545. The number of rotatable bonds is 1. The molecule has 0 aromatic carbocycles. The molecular weight excluding hydrogens is 248 g/mol. The molecule has 18 heavy (non-hydrogen) atoms. The van der Waals surface area contributed by atoms with Crippen molar-refractivity contribution >= 4 is 34.6 Å². The molecule has 1 fully saturated rings. The number of aromatic amines is 1. The normalized spacial score (nSPS) is 19.3. The van der Waals surface area contributed by atoms with Gasteiger partial charge in [-0.1, -0.05) is 0 Å². The Morgan fingerprint density at radius 2 is 2.28 bits per heavy atom. The van der Waals surface area contributed by atoms with Gasteiger partial charge in [0, 0.05) is 23.6 Å². The third-order valence-electron chi connectivity index (χ3n) is 3.03. The van der Waals surface area contributed by atoms with Crippen LogP contribution in [-0.2, 0) is 0 Å². The highest BCUT2D eigenvalue weighted by Gasteiger charge is 2.29. The zero-order chi connectivity index (χ0) is 12.8. The van der Waals surface area contributed by atoms with E-state index < -0.39 is 0 Å². The number of H-pyrrole nitrogens is 1. The van der Waals surface area contributed by atoms with E-state index in [0.717, 1.165) is 30.0 Å². The van der Waals surface area contributed by atoms with Gasteiger partial charge in [-0.15, -0.1) is 0 Å². The van der Waals surface area contributed by atoms with Crippen LogP contribution >= 0.6 is 11.8 Å². The van der Waals surface area contributed by atoms with Crippen molar-refractivity contribution < 1.29 is 0 Å². The Balaban J connectivity index is 2.05. The van der Waals surface area contributed by atoms with Crippen molar-refractivity contribution in [1.82, 2.24) is 20.2 Å². The lowest BCUT2D eigenvalue weighted by Crippen LogP contribution is -2.43. The molecule has 0 radical (unpaired) electrons. The number of hydrogen-bond acceptors (Lipinski definition) is 6. The van der Waals surface area contributed by atoms with Gasteiger partial charge in [-0.3, -0.25) is 5.10 Å². The Kier molecular flexibility index (Phi) is 2.58. The maximum absolute atomic E-state index is 5.76. The molecule has 0 bridgehead atoms. The molecule has 0 spiro atoms. The van der Waals surface area contributed by atoms with E-state index >= 15 is 0 Å². The molecule has 3 N–H and O–H groups in total. The molecular formula is C11H16N6S. The second kappa shape index (κ2) is 4.01. The Labute approximate surface area is 109 Å². The van der Waals surface area contributed by atoms with Crippen LogP contribution in [0.15, 0.2) is 6.20 Å². The summed E-state index contributed by atoms with van der Waals surface area (Å²) in [6, 6.07) is 0. The van der Waals surface area contributed by atoms with Crippen LogP contribution in [0.4, 0.5) is 11.8 Å². The maximum atomic E-state index is 5.76. The highest BCUT2D eigenvalue weighted by atomic mass is 32.2. The molecule has 6 nitrogen and oxygen atoms in total. The van der Waals surface area contributed by atoms with E-state index in [-0.39, 0.29) is 10.7 Å². The van der Waals surface area contributed by atoms with Gasteiger partial charge in [-0.25, -0.2) is 0 Å². The summed E-state index contributed by atoms with van der Waals surface area (Å²) >= 11 is 1.99. The minimum Gasteiger partial charge on any atom is -0.368 e. The second-order valence-electron chi connectivity index (χ2n) is 5.07. The Morgan fingerprint density at radius 1 is 1.44 bits per heavy atom. The van der Waals surface area contributed by atoms with Crippen molar-refractivity contribution in [3.63, 3.8) is 0 Å². The molecule has 7 heteroatoms. The summed E-state index contributed by atoms with van der Waals surface area (Å²) in [5, 5.41) is 7.80. The number of nitrogens with zero attached hydrogens (tertiary/aromatic N) is 4. The molecule has 1 aliphatic rings. The van der Waals surface area contributed by atoms with Crippen molar-refractivity contribution in [2.45, 2.75) is 18.6 Å². The fourth-order valence-electron chi connectivity index (χ4n) is 2.27. The van der Waals surface area contributed by atoms with Gasteiger partial charge in [0.2, 0.25) is 5.95 Å². The number of aromatic nitrogens is 4. The molecule has 3 rings (SSSR count). The van der Waals surface area contributed by atoms with Crippen molar-refractivity contribution in [3.05, 3.63) is 6.20 Å². The van der Waals surface area contributed by atoms with Gasteiger partial charge in [-0.05, 0) is 13.8 Å². The Bertz CT molecular complexity index is 578. The number of nitrogen functional groups attached to an aromatic ring is 1. The molecule has 2 aromatic heterocycles. The van der Waals surface area contributed by atoms with Gasteiger partial charge in [0.05, 0.1) is 11.6 Å². The molecule has 3 heterocycles. The predicted octanol–water partition coefficient (Wildman–Crippen LogP) is 1.27. The van der Waals surface area contributed by atoms with E-state index in [1.54, 1.807) is 6.20 Å². The lowest BCUT2D eigenvalue weighted by molar-refractivity contribution is 0.644. The molecule has 0 unspecified atom stereocenters. The zero-order valence-electron chi connectivity index (χ0n) is 10.5. The summed E-state index contributed by atoms with van der Waals surface area (Å²) in [4.78, 5) is 10.8. The first-order valence-corrected chi connectivity index (χ1v) is 6.89. The van der Waals surface area contributed by atoms with Crippen molar-refractivity contribution in [2.75, 3.05) is 29.5 Å². The molecule has 0 saturated carbocycles. The largest absolute Gasteiger partial charge is 0.368 e. The van der Waals surface area contributed by atoms with Crippen molar-refractivity contribution in [3.8, 4) is 0 Å². The van der Waals surface area contributed by atoms with Gasteiger partial charge < -0.3 is 10.6 Å². The summed E-state index contributed by atoms with van der Waals surface area (Å²) in [5.74, 6) is 2.27. The van der Waals surface area contributed by atoms with Gasteiger partial charge >= 0.3 is 0 Å². The van der Waals surface area contributed by atoms with E-state index in [1.807, 2.05) is 11.8 Å². The molecule has 0 atom stereocenters. The van der Waals surface area contributed by atoms with E-state index in [0.29, 0.717) is 5.65 Å². The molecule has 0 amide bonds. The van der Waals surface area contributed by atoms with Gasteiger partial charge in [0.15, 0.2) is 5.65 Å². The molecule has 96 valence electrons. The summed E-state index contributed by atoms with van der Waals surface area (Å²) in [6.07, 6.45) is 1.76. The van der Waals surface area contributed by atoms with Crippen molar-refractivity contribution in [1.29, 1.82) is 0 Å². The first-order chi connectivity index (χ1) is 8.55. The minimum atomic E-state index is 0.230. The SMILES string of the molecule is CC1(C)CN(c2nc(N)nc3[nH]ncc23)CCS1. The number of hydrogen-bond donors (Lipinski definition) is 2. The van der Waals surface area contributed by atoms with E-state index in [9.17, 15) is 0 Å². The lowest BCUT2D eigenvalue weighted by atomic mass is 10.2. The van der Waals surface area contributed by atoms with Gasteiger partial charge in [0.1, 0.15) is 5.82 Å². The third-order valence-corrected chi connectivity index (χ3v) is 4.33. The average molecular weight is 264 g/mol. The zero-order valence-corrected chi connectivity index (χ0v) is 11.3. The van der Waals surface area contributed by atoms with Crippen LogP contribution in [0, 0.1) is 0 Å². The monoisotopic (exact) mass is 264 g/mol. The fourth-order valence-corrected chi connectivity index (χ4v) is 3.39. The Hall–Kier alpha value is -1.50. The number of thioether (sulfide) groups is 1. The van der Waals surface area contributed by atoms with Crippen LogP contribution in [0.3, 0.4) is 0 Å². The van der Waals surface area contributed by atoms with Gasteiger partial charge in [0.25, 0.3) is 0 Å². The topological polar surface area (TPSA) is 83.7 Å². The molecule has 0 aliphatic carbocycles. The van der Waals surface area contributed by atoms with Crippen LogP contribution in [0.2, 0.25) is 0 Å². The second-order valence-corrected chi connectivity index (χ2v) is 6.87. The number of nitrogens with one attached hydrogen (secondary N) is 1. The molecule has 1 aliphatic heterocycles. The summed E-state index contributed by atoms with van der Waals surface area (Å²) in [6.45, 7) is 6.43. The van der Waals surface area contributed by atoms with E-state index in [4.69, 9.17) is 5.73 Å². The quantitative estimate of drug-likeness (QED) is 0.807. The van der Waals surface area contributed by atoms with E-state index in [2.05, 4.69) is 38.9 Å². The maximum Gasteiger partial charge on any atom is 0.224 e. The first-order valence-electron chi connectivity index (χ1n) is 5.91. The highest BCUT2D eigenvalue weighted by molar-refractivity contribution is 8.00.